The van der Waals surface area contributed by atoms with E-state index in [2.05, 4.69) is 4.98 Å². The third-order valence-electron chi connectivity index (χ3n) is 3.53. The first-order valence-electron chi connectivity index (χ1n) is 7.65. The number of ether oxygens (including phenoxy) is 1. The normalized spacial score (nSPS) is 10.7. The number of carbonyl (C=O) groups excluding carboxylic acids is 1. The average molecular weight is 376 g/mol. The van der Waals surface area contributed by atoms with Gasteiger partial charge >= 0.3 is 0 Å². The van der Waals surface area contributed by atoms with Crippen LogP contribution in [0.2, 0.25) is 0 Å². The molecule has 2 heterocycles. The van der Waals surface area contributed by atoms with E-state index >= 15 is 0 Å². The van der Waals surface area contributed by atoms with Crippen LogP contribution in [0, 0.1) is 12.7 Å². The molecule has 2 aromatic heterocycles. The molecule has 1 aromatic carbocycles. The number of thiophene rings is 1. The van der Waals surface area contributed by atoms with Crippen molar-refractivity contribution >= 4 is 28.6 Å². The predicted octanol–water partition coefficient (Wildman–Crippen LogP) is 4.50. The molecule has 130 valence electrons. The van der Waals surface area contributed by atoms with Crippen LogP contribution in [0.4, 0.5) is 4.39 Å². The zero-order valence-corrected chi connectivity index (χ0v) is 15.5. The summed E-state index contributed by atoms with van der Waals surface area (Å²) in [4.78, 5) is 20.5. The lowest BCUT2D eigenvalue weighted by molar-refractivity contribution is 0.0790. The molecule has 0 radical (unpaired) electrons. The van der Waals surface area contributed by atoms with E-state index < -0.39 is 0 Å². The number of nitrogens with zero attached hydrogens (tertiary/aromatic N) is 2. The SMILES string of the molecule is Cc1nc(COc2ccc(F)cc2)sc1C(=O)N(C)Cc1cccs1. The quantitative estimate of drug-likeness (QED) is 0.636. The maximum Gasteiger partial charge on any atom is 0.265 e. The van der Waals surface area contributed by atoms with Gasteiger partial charge in [-0.2, -0.15) is 0 Å². The number of amides is 1. The number of thiazole rings is 1. The minimum atomic E-state index is -0.306. The molecule has 0 atom stereocenters. The predicted molar refractivity (Wildman–Crippen MR) is 97.7 cm³/mol. The Morgan fingerprint density at radius 1 is 1.28 bits per heavy atom. The molecule has 4 nitrogen and oxygen atoms in total. The lowest BCUT2D eigenvalue weighted by atomic mass is 10.3. The van der Waals surface area contributed by atoms with E-state index in [0.717, 1.165) is 9.88 Å². The molecule has 0 unspecified atom stereocenters. The molecular weight excluding hydrogens is 359 g/mol. The van der Waals surface area contributed by atoms with Gasteiger partial charge in [0.05, 0.1) is 12.2 Å². The minimum Gasteiger partial charge on any atom is -0.486 e. The van der Waals surface area contributed by atoms with Crippen LogP contribution in [0.3, 0.4) is 0 Å². The van der Waals surface area contributed by atoms with Gasteiger partial charge in [-0.25, -0.2) is 9.37 Å². The van der Waals surface area contributed by atoms with Gasteiger partial charge in [-0.3, -0.25) is 4.79 Å². The highest BCUT2D eigenvalue weighted by Crippen LogP contribution is 2.23. The maximum absolute atomic E-state index is 12.9. The average Bonchev–Trinajstić information content (AvgIpc) is 3.23. The van der Waals surface area contributed by atoms with Gasteiger partial charge in [0.2, 0.25) is 0 Å². The number of benzene rings is 1. The summed E-state index contributed by atoms with van der Waals surface area (Å²) >= 11 is 2.96. The van der Waals surface area contributed by atoms with E-state index in [0.29, 0.717) is 22.9 Å². The Kier molecular flexibility index (Phi) is 5.45. The number of rotatable bonds is 6. The molecule has 25 heavy (non-hydrogen) atoms. The van der Waals surface area contributed by atoms with Gasteiger partial charge in [0.1, 0.15) is 28.1 Å². The second kappa shape index (κ2) is 7.76. The van der Waals surface area contributed by atoms with Crippen molar-refractivity contribution in [1.29, 1.82) is 0 Å². The molecule has 0 aliphatic rings. The van der Waals surface area contributed by atoms with Gasteiger partial charge in [-0.05, 0) is 42.6 Å². The molecule has 0 bridgehead atoms. The molecule has 0 fully saturated rings. The van der Waals surface area contributed by atoms with Crippen molar-refractivity contribution in [1.82, 2.24) is 9.88 Å². The van der Waals surface area contributed by atoms with Crippen LogP contribution in [0.1, 0.15) is 25.3 Å². The number of hydrogen-bond donors (Lipinski definition) is 0. The number of aromatic nitrogens is 1. The fourth-order valence-corrected chi connectivity index (χ4v) is 4.00. The summed E-state index contributed by atoms with van der Waals surface area (Å²) in [5.74, 6) is 0.215. The molecule has 0 aliphatic heterocycles. The van der Waals surface area contributed by atoms with Crippen molar-refractivity contribution in [3.8, 4) is 5.75 Å². The van der Waals surface area contributed by atoms with Crippen LogP contribution in [0.15, 0.2) is 41.8 Å². The topological polar surface area (TPSA) is 42.4 Å². The van der Waals surface area contributed by atoms with Crippen LogP contribution in [-0.2, 0) is 13.2 Å². The summed E-state index contributed by atoms with van der Waals surface area (Å²) in [6, 6.07) is 9.80. The van der Waals surface area contributed by atoms with Gasteiger partial charge < -0.3 is 9.64 Å². The zero-order valence-electron chi connectivity index (χ0n) is 13.9. The number of halogens is 1. The lowest BCUT2D eigenvalue weighted by Crippen LogP contribution is -2.25. The lowest BCUT2D eigenvalue weighted by Gasteiger charge is -2.15. The monoisotopic (exact) mass is 376 g/mol. The van der Waals surface area contributed by atoms with E-state index in [9.17, 15) is 9.18 Å². The van der Waals surface area contributed by atoms with E-state index in [1.54, 1.807) is 35.4 Å². The van der Waals surface area contributed by atoms with Crippen molar-refractivity contribution in [2.45, 2.75) is 20.1 Å². The van der Waals surface area contributed by atoms with Gasteiger partial charge in [0.25, 0.3) is 5.91 Å². The van der Waals surface area contributed by atoms with Crippen molar-refractivity contribution < 1.29 is 13.9 Å². The van der Waals surface area contributed by atoms with Gasteiger partial charge in [-0.1, -0.05) is 6.07 Å². The Hall–Kier alpha value is -2.25. The second-order valence-corrected chi connectivity index (χ2v) is 7.62. The van der Waals surface area contributed by atoms with Crippen LogP contribution >= 0.6 is 22.7 Å². The summed E-state index contributed by atoms with van der Waals surface area (Å²) in [5.41, 5.74) is 0.700. The van der Waals surface area contributed by atoms with Gasteiger partial charge in [0.15, 0.2) is 0 Å². The smallest absolute Gasteiger partial charge is 0.265 e. The number of carbonyl (C=O) groups is 1. The summed E-state index contributed by atoms with van der Waals surface area (Å²) in [5, 5.41) is 2.71. The first kappa shape index (κ1) is 17.6. The van der Waals surface area contributed by atoms with Gasteiger partial charge in [0, 0.05) is 11.9 Å². The molecule has 0 N–H and O–H groups in total. The summed E-state index contributed by atoms with van der Waals surface area (Å²) in [6.45, 7) is 2.65. The molecule has 0 saturated carbocycles. The summed E-state index contributed by atoms with van der Waals surface area (Å²) in [7, 11) is 1.79. The molecular formula is C18H17FN2O2S2. The molecule has 3 aromatic rings. The van der Waals surface area contributed by atoms with Crippen molar-refractivity contribution in [2.75, 3.05) is 7.05 Å². The molecule has 0 spiro atoms. The van der Waals surface area contributed by atoms with Crippen LogP contribution < -0.4 is 4.74 Å². The Labute approximate surface area is 153 Å². The van der Waals surface area contributed by atoms with E-state index in [1.165, 1.54) is 23.5 Å². The second-order valence-electron chi connectivity index (χ2n) is 5.51. The van der Waals surface area contributed by atoms with Gasteiger partial charge in [-0.15, -0.1) is 22.7 Å². The standard InChI is InChI=1S/C18H17FN2O2S2/c1-12-17(18(22)21(2)10-15-4-3-9-24-15)25-16(20-12)11-23-14-7-5-13(19)6-8-14/h3-9H,10-11H2,1-2H3. The van der Waals surface area contributed by atoms with Crippen molar-refractivity contribution in [2.24, 2.45) is 0 Å². The molecule has 1 amide bonds. The van der Waals surface area contributed by atoms with E-state index in [1.807, 2.05) is 24.4 Å². The molecule has 3 rings (SSSR count). The zero-order chi connectivity index (χ0) is 17.8. The number of aryl methyl sites for hydroxylation is 1. The number of hydrogen-bond acceptors (Lipinski definition) is 5. The Balaban J connectivity index is 1.64. The molecule has 0 saturated heterocycles. The first-order chi connectivity index (χ1) is 12.0. The van der Waals surface area contributed by atoms with Crippen LogP contribution in [0.25, 0.3) is 0 Å². The van der Waals surface area contributed by atoms with Crippen molar-refractivity contribution in [3.05, 3.63) is 68.1 Å². The fourth-order valence-electron chi connectivity index (χ4n) is 2.27. The first-order valence-corrected chi connectivity index (χ1v) is 9.35. The summed E-state index contributed by atoms with van der Waals surface area (Å²) in [6.07, 6.45) is 0. The van der Waals surface area contributed by atoms with Crippen LogP contribution in [-0.4, -0.2) is 22.8 Å². The molecule has 7 heteroatoms. The third kappa shape index (κ3) is 4.43. The molecule has 0 aliphatic carbocycles. The highest BCUT2D eigenvalue weighted by atomic mass is 32.1. The maximum atomic E-state index is 12.9. The highest BCUT2D eigenvalue weighted by molar-refractivity contribution is 7.13. The summed E-state index contributed by atoms with van der Waals surface area (Å²) < 4.78 is 18.5. The van der Waals surface area contributed by atoms with E-state index in [-0.39, 0.29) is 18.3 Å². The third-order valence-corrected chi connectivity index (χ3v) is 5.51. The van der Waals surface area contributed by atoms with E-state index in [4.69, 9.17) is 4.74 Å². The Morgan fingerprint density at radius 3 is 2.72 bits per heavy atom. The highest BCUT2D eigenvalue weighted by Gasteiger charge is 2.19. The van der Waals surface area contributed by atoms with Crippen LogP contribution in [0.5, 0.6) is 5.75 Å². The Bertz CT molecular complexity index is 845. The Morgan fingerprint density at radius 2 is 2.04 bits per heavy atom. The fraction of sp³-hybridized carbons (Fsp3) is 0.222. The minimum absolute atomic E-state index is 0.0450. The largest absolute Gasteiger partial charge is 0.486 e. The van der Waals surface area contributed by atoms with Crippen molar-refractivity contribution in [3.63, 3.8) is 0 Å².